The lowest BCUT2D eigenvalue weighted by Crippen LogP contribution is -2.45. The van der Waals surface area contributed by atoms with Gasteiger partial charge in [-0.15, -0.1) is 0 Å². The molecule has 1 N–H and O–H groups in total. The molecule has 0 saturated carbocycles. The molecule has 0 amide bonds. The number of piperidine rings is 1. The normalized spacial score (nSPS) is 25.2. The van der Waals surface area contributed by atoms with E-state index in [9.17, 15) is 5.11 Å². The van der Waals surface area contributed by atoms with Crippen LogP contribution in [0.4, 0.5) is 0 Å². The maximum atomic E-state index is 9.42. The molecule has 3 aliphatic rings. The Kier molecular flexibility index (Phi) is 6.26. The number of fused-ring (bicyclic) bond motifs is 1. The monoisotopic (exact) mass is 358 g/mol. The molecule has 1 atom stereocenters. The van der Waals surface area contributed by atoms with E-state index in [1.54, 1.807) is 11.1 Å². The molecule has 1 aromatic rings. The first-order valence-corrected chi connectivity index (χ1v) is 10.6. The predicted molar refractivity (Wildman–Crippen MR) is 104 cm³/mol. The van der Waals surface area contributed by atoms with Crippen LogP contribution in [0.3, 0.4) is 0 Å². The zero-order valence-corrected chi connectivity index (χ0v) is 16.0. The molecule has 4 heteroatoms. The van der Waals surface area contributed by atoms with Gasteiger partial charge in [-0.2, -0.15) is 0 Å². The van der Waals surface area contributed by atoms with Gasteiger partial charge < -0.3 is 9.84 Å². The summed E-state index contributed by atoms with van der Waals surface area (Å²) in [6.45, 7) is 6.55. The molecular weight excluding hydrogens is 324 g/mol. The van der Waals surface area contributed by atoms with Crippen LogP contribution in [0.1, 0.15) is 36.8 Å². The zero-order chi connectivity index (χ0) is 17.8. The summed E-state index contributed by atoms with van der Waals surface area (Å²) in [6.07, 6.45) is 7.81. The molecule has 4 rings (SSSR count). The zero-order valence-electron chi connectivity index (χ0n) is 16.0. The van der Waals surface area contributed by atoms with Crippen molar-refractivity contribution in [1.82, 2.24) is 9.80 Å². The van der Waals surface area contributed by atoms with E-state index in [1.807, 2.05) is 0 Å². The third-order valence-corrected chi connectivity index (χ3v) is 6.61. The van der Waals surface area contributed by atoms with Crippen LogP contribution in [0.25, 0.3) is 0 Å². The Labute approximate surface area is 158 Å². The second-order valence-electron chi connectivity index (χ2n) is 8.43. The maximum Gasteiger partial charge on any atom is 0.0702 e. The fourth-order valence-electron chi connectivity index (χ4n) is 5.13. The molecule has 0 bridgehead atoms. The summed E-state index contributed by atoms with van der Waals surface area (Å²) in [5, 5.41) is 9.42. The highest BCUT2D eigenvalue weighted by atomic mass is 16.5. The Balaban J connectivity index is 1.24. The molecule has 26 heavy (non-hydrogen) atoms. The molecule has 4 nitrogen and oxygen atoms in total. The lowest BCUT2D eigenvalue weighted by molar-refractivity contribution is 0.0504. The summed E-state index contributed by atoms with van der Waals surface area (Å²) >= 11 is 0. The molecule has 1 aromatic carbocycles. The van der Waals surface area contributed by atoms with E-state index in [0.29, 0.717) is 12.1 Å². The molecule has 2 saturated heterocycles. The molecule has 1 aliphatic carbocycles. The van der Waals surface area contributed by atoms with E-state index in [1.165, 1.54) is 51.6 Å². The molecule has 0 unspecified atom stereocenters. The number of hydrogen-bond donors (Lipinski definition) is 1. The Morgan fingerprint density at radius 3 is 2.38 bits per heavy atom. The van der Waals surface area contributed by atoms with Crippen LogP contribution in [-0.2, 0) is 17.6 Å². The minimum absolute atomic E-state index is 0.256. The first-order valence-electron chi connectivity index (χ1n) is 10.6. The molecule has 0 spiro atoms. The predicted octanol–water partition coefficient (Wildman–Crippen LogP) is 2.34. The van der Waals surface area contributed by atoms with Gasteiger partial charge in [0, 0.05) is 32.3 Å². The Bertz CT molecular complexity index is 540. The van der Waals surface area contributed by atoms with Crippen LogP contribution < -0.4 is 0 Å². The smallest absolute Gasteiger partial charge is 0.0702 e. The van der Waals surface area contributed by atoms with Crippen molar-refractivity contribution < 1.29 is 9.84 Å². The van der Waals surface area contributed by atoms with Gasteiger partial charge in [0.1, 0.15) is 0 Å². The van der Waals surface area contributed by atoms with Crippen molar-refractivity contribution in [1.29, 1.82) is 0 Å². The van der Waals surface area contributed by atoms with E-state index < -0.39 is 0 Å². The third-order valence-electron chi connectivity index (χ3n) is 6.61. The van der Waals surface area contributed by atoms with Crippen LogP contribution in [0.5, 0.6) is 0 Å². The number of hydrogen-bond acceptors (Lipinski definition) is 4. The largest absolute Gasteiger partial charge is 0.395 e. The van der Waals surface area contributed by atoms with Crippen LogP contribution in [0.2, 0.25) is 0 Å². The Morgan fingerprint density at radius 2 is 1.77 bits per heavy atom. The van der Waals surface area contributed by atoms with E-state index in [2.05, 4.69) is 34.1 Å². The average Bonchev–Trinajstić information content (AvgIpc) is 3.32. The van der Waals surface area contributed by atoms with Gasteiger partial charge in [-0.05, 0) is 68.7 Å². The molecular formula is C22H34N2O2. The SMILES string of the molecule is OCCN(CC1CCN(C2Cc3ccccc3C2)CC1)C[C@@H]1CCCO1. The van der Waals surface area contributed by atoms with E-state index in [-0.39, 0.29) is 6.61 Å². The van der Waals surface area contributed by atoms with Crippen molar-refractivity contribution in [3.05, 3.63) is 35.4 Å². The van der Waals surface area contributed by atoms with Gasteiger partial charge in [0.15, 0.2) is 0 Å². The van der Waals surface area contributed by atoms with Crippen LogP contribution in [0, 0.1) is 5.92 Å². The van der Waals surface area contributed by atoms with Gasteiger partial charge in [-0.1, -0.05) is 24.3 Å². The fourth-order valence-corrected chi connectivity index (χ4v) is 5.13. The topological polar surface area (TPSA) is 35.9 Å². The van der Waals surface area contributed by atoms with Crippen LogP contribution >= 0.6 is 0 Å². The van der Waals surface area contributed by atoms with Gasteiger partial charge >= 0.3 is 0 Å². The Morgan fingerprint density at radius 1 is 1.04 bits per heavy atom. The number of rotatable bonds is 7. The van der Waals surface area contributed by atoms with Crippen molar-refractivity contribution in [2.45, 2.75) is 50.7 Å². The minimum atomic E-state index is 0.256. The van der Waals surface area contributed by atoms with Gasteiger partial charge in [-0.25, -0.2) is 0 Å². The number of likely N-dealkylation sites (tertiary alicyclic amines) is 1. The highest BCUT2D eigenvalue weighted by Gasteiger charge is 2.30. The number of nitrogens with zero attached hydrogens (tertiary/aromatic N) is 2. The molecule has 144 valence electrons. The van der Waals surface area contributed by atoms with Gasteiger partial charge in [0.05, 0.1) is 12.7 Å². The van der Waals surface area contributed by atoms with Crippen molar-refractivity contribution >= 4 is 0 Å². The summed E-state index contributed by atoms with van der Waals surface area (Å²) in [7, 11) is 0. The quantitative estimate of drug-likeness (QED) is 0.812. The summed E-state index contributed by atoms with van der Waals surface area (Å²) < 4.78 is 5.80. The first kappa shape index (κ1) is 18.4. The highest BCUT2D eigenvalue weighted by Crippen LogP contribution is 2.29. The summed E-state index contributed by atoms with van der Waals surface area (Å²) in [5.41, 5.74) is 3.12. The second-order valence-corrected chi connectivity index (χ2v) is 8.43. The van der Waals surface area contributed by atoms with E-state index in [0.717, 1.165) is 32.2 Å². The Hall–Kier alpha value is -0.940. The van der Waals surface area contributed by atoms with Gasteiger partial charge in [-0.3, -0.25) is 9.80 Å². The number of aliphatic hydroxyl groups excluding tert-OH is 1. The highest BCUT2D eigenvalue weighted by molar-refractivity contribution is 5.33. The standard InChI is InChI=1S/C22H34N2O2/c25-12-11-23(17-22-6-3-13-26-22)16-18-7-9-24(10-8-18)21-14-19-4-1-2-5-20(19)15-21/h1-2,4-5,18,21-22,25H,3,6-17H2/t22-/m0/s1. The number of benzene rings is 1. The summed E-state index contributed by atoms with van der Waals surface area (Å²) in [4.78, 5) is 5.18. The first-order chi connectivity index (χ1) is 12.8. The molecule has 2 heterocycles. The van der Waals surface area contributed by atoms with Crippen LogP contribution in [0.15, 0.2) is 24.3 Å². The lowest BCUT2D eigenvalue weighted by Gasteiger charge is -2.38. The second kappa shape index (κ2) is 8.83. The van der Waals surface area contributed by atoms with Gasteiger partial charge in [0.2, 0.25) is 0 Å². The molecule has 0 aromatic heterocycles. The average molecular weight is 359 g/mol. The van der Waals surface area contributed by atoms with Crippen molar-refractivity contribution in [2.24, 2.45) is 5.92 Å². The summed E-state index contributed by atoms with van der Waals surface area (Å²) in [6, 6.07) is 9.68. The van der Waals surface area contributed by atoms with Crippen LogP contribution in [-0.4, -0.2) is 73.0 Å². The minimum Gasteiger partial charge on any atom is -0.395 e. The van der Waals surface area contributed by atoms with Crippen molar-refractivity contribution in [3.8, 4) is 0 Å². The van der Waals surface area contributed by atoms with E-state index >= 15 is 0 Å². The lowest BCUT2D eigenvalue weighted by atomic mass is 9.94. The maximum absolute atomic E-state index is 9.42. The summed E-state index contributed by atoms with van der Waals surface area (Å²) in [5.74, 6) is 0.767. The number of ether oxygens (including phenoxy) is 1. The van der Waals surface area contributed by atoms with E-state index in [4.69, 9.17) is 4.74 Å². The molecule has 2 fully saturated rings. The third kappa shape index (κ3) is 4.48. The molecule has 0 radical (unpaired) electrons. The fraction of sp³-hybridized carbons (Fsp3) is 0.727. The number of aliphatic hydroxyl groups is 1. The molecule has 2 aliphatic heterocycles. The van der Waals surface area contributed by atoms with Crippen molar-refractivity contribution in [2.75, 3.05) is 45.9 Å². The van der Waals surface area contributed by atoms with Crippen molar-refractivity contribution in [3.63, 3.8) is 0 Å². The van der Waals surface area contributed by atoms with Gasteiger partial charge in [0.25, 0.3) is 0 Å².